The van der Waals surface area contributed by atoms with Gasteiger partial charge >= 0.3 is 12.1 Å². The summed E-state index contributed by atoms with van der Waals surface area (Å²) in [7, 11) is 1.67. The number of benzene rings is 1. The second kappa shape index (κ2) is 7.51. The third kappa shape index (κ3) is 4.05. The highest BCUT2D eigenvalue weighted by molar-refractivity contribution is 7.80. The average molecular weight is 355 g/mol. The molecular weight excluding hydrogens is 338 g/mol. The number of carbonyl (C=O) groups is 2. The monoisotopic (exact) mass is 355 g/mol. The average Bonchev–Trinajstić information content (AvgIpc) is 2.90. The molecule has 2 aromatic rings. The predicted octanol–water partition coefficient (Wildman–Crippen LogP) is 2.68. The number of thiol groups is 1. The summed E-state index contributed by atoms with van der Waals surface area (Å²) in [4.78, 5) is 28.7. The molecule has 9 heteroatoms. The Bertz CT molecular complexity index is 719. The number of aliphatic carboxylic acids is 1. The van der Waals surface area contributed by atoms with E-state index in [0.29, 0.717) is 17.4 Å². The molecule has 1 heterocycles. The molecule has 124 valence electrons. The number of anilines is 2. The molecule has 0 aliphatic rings. The van der Waals surface area contributed by atoms with Crippen molar-refractivity contribution in [3.63, 3.8) is 0 Å². The van der Waals surface area contributed by atoms with E-state index < -0.39 is 18.1 Å². The number of carboxylic acids is 1. The van der Waals surface area contributed by atoms with Gasteiger partial charge in [-0.3, -0.25) is 5.32 Å². The van der Waals surface area contributed by atoms with E-state index in [-0.39, 0.29) is 5.75 Å². The van der Waals surface area contributed by atoms with Gasteiger partial charge in [-0.25, -0.2) is 14.6 Å². The van der Waals surface area contributed by atoms with E-state index in [1.165, 1.54) is 11.3 Å². The minimum absolute atomic E-state index is 0.178. The standard InChI is InChI=1S/C14H17N3O4S2/c1-3-21-14(20)15-8-4-5-9-11(6-8)23-13(16-9)17(2)10(7-22)12(18)19/h4-6,10,22H,3,7H2,1-2H3,(H,15,20)(H,18,19)/t10-/m1/s1. The van der Waals surface area contributed by atoms with E-state index in [4.69, 9.17) is 4.74 Å². The van der Waals surface area contributed by atoms with Gasteiger partial charge in [0.05, 0.1) is 16.8 Å². The largest absolute Gasteiger partial charge is 0.480 e. The van der Waals surface area contributed by atoms with E-state index in [2.05, 4.69) is 22.9 Å². The van der Waals surface area contributed by atoms with Crippen molar-refractivity contribution in [2.45, 2.75) is 13.0 Å². The van der Waals surface area contributed by atoms with Gasteiger partial charge in [0.1, 0.15) is 6.04 Å². The first kappa shape index (κ1) is 17.4. The first-order chi connectivity index (χ1) is 11.0. The molecule has 1 aromatic carbocycles. The summed E-state index contributed by atoms with van der Waals surface area (Å²) in [5.41, 5.74) is 1.33. The maximum absolute atomic E-state index is 11.4. The Kier molecular flexibility index (Phi) is 5.67. The number of carbonyl (C=O) groups excluding carboxylic acids is 1. The highest BCUT2D eigenvalue weighted by Gasteiger charge is 2.23. The highest BCUT2D eigenvalue weighted by atomic mass is 32.1. The van der Waals surface area contributed by atoms with Crippen LogP contribution in [0.25, 0.3) is 10.2 Å². The van der Waals surface area contributed by atoms with Crippen LogP contribution in [0.1, 0.15) is 6.92 Å². The summed E-state index contributed by atoms with van der Waals surface area (Å²) < 4.78 is 5.67. The van der Waals surface area contributed by atoms with Crippen molar-refractivity contribution in [3.8, 4) is 0 Å². The Morgan fingerprint density at radius 2 is 2.26 bits per heavy atom. The molecule has 0 aliphatic heterocycles. The van der Waals surface area contributed by atoms with Gasteiger partial charge in [0.25, 0.3) is 0 Å². The fraction of sp³-hybridized carbons (Fsp3) is 0.357. The van der Waals surface area contributed by atoms with Gasteiger partial charge in [-0.2, -0.15) is 12.6 Å². The normalized spacial score (nSPS) is 12.0. The molecule has 0 bridgehead atoms. The summed E-state index contributed by atoms with van der Waals surface area (Å²) >= 11 is 5.42. The number of amides is 1. The summed E-state index contributed by atoms with van der Waals surface area (Å²) in [5.74, 6) is -0.774. The Morgan fingerprint density at radius 1 is 1.52 bits per heavy atom. The number of carboxylic acid groups (broad SMARTS) is 1. The molecule has 2 N–H and O–H groups in total. The topological polar surface area (TPSA) is 91.8 Å². The quantitative estimate of drug-likeness (QED) is 0.690. The van der Waals surface area contributed by atoms with Crippen LogP contribution in [0.15, 0.2) is 18.2 Å². The number of aromatic nitrogens is 1. The van der Waals surface area contributed by atoms with E-state index in [9.17, 15) is 14.7 Å². The lowest BCUT2D eigenvalue weighted by Crippen LogP contribution is -2.39. The third-order valence-corrected chi connectivity index (χ3v) is 4.58. The molecule has 0 aliphatic carbocycles. The summed E-state index contributed by atoms with van der Waals surface area (Å²) in [6, 6.07) is 4.51. The molecule has 0 saturated heterocycles. The molecule has 0 spiro atoms. The molecule has 23 heavy (non-hydrogen) atoms. The van der Waals surface area contributed by atoms with Crippen molar-refractivity contribution in [1.82, 2.24) is 4.98 Å². The van der Waals surface area contributed by atoms with Crippen molar-refractivity contribution in [1.29, 1.82) is 0 Å². The number of ether oxygens (including phenoxy) is 1. The number of likely N-dealkylation sites (N-methyl/N-ethyl adjacent to an activating group) is 1. The Balaban J connectivity index is 2.25. The summed E-state index contributed by atoms with van der Waals surface area (Å²) in [6.07, 6.45) is -0.519. The van der Waals surface area contributed by atoms with Crippen molar-refractivity contribution in [3.05, 3.63) is 18.2 Å². The van der Waals surface area contributed by atoms with Crippen LogP contribution in [0.2, 0.25) is 0 Å². The van der Waals surface area contributed by atoms with Crippen LogP contribution >= 0.6 is 24.0 Å². The predicted molar refractivity (Wildman–Crippen MR) is 93.9 cm³/mol. The smallest absolute Gasteiger partial charge is 0.411 e. The zero-order chi connectivity index (χ0) is 17.0. The Morgan fingerprint density at radius 3 is 2.87 bits per heavy atom. The second-order valence-corrected chi connectivity index (χ2v) is 6.05. The van der Waals surface area contributed by atoms with Crippen molar-refractivity contribution >= 4 is 57.1 Å². The first-order valence-corrected chi connectivity index (χ1v) is 8.32. The van der Waals surface area contributed by atoms with E-state index in [1.807, 2.05) is 0 Å². The number of nitrogens with one attached hydrogen (secondary N) is 1. The molecule has 0 radical (unpaired) electrons. The molecule has 2 rings (SSSR count). The SMILES string of the molecule is CCOC(=O)Nc1ccc2nc(N(C)[C@H](CS)C(=O)O)sc2c1. The fourth-order valence-electron chi connectivity index (χ4n) is 1.93. The molecular formula is C14H17N3O4S2. The second-order valence-electron chi connectivity index (χ2n) is 4.67. The van der Waals surface area contributed by atoms with Gasteiger partial charge in [0, 0.05) is 18.5 Å². The van der Waals surface area contributed by atoms with Gasteiger partial charge in [-0.1, -0.05) is 11.3 Å². The van der Waals surface area contributed by atoms with Crippen LogP contribution in [0.4, 0.5) is 15.6 Å². The van der Waals surface area contributed by atoms with Crippen LogP contribution in [0.3, 0.4) is 0 Å². The van der Waals surface area contributed by atoms with Gasteiger partial charge in [-0.05, 0) is 25.1 Å². The van der Waals surface area contributed by atoms with Gasteiger partial charge in [0.2, 0.25) is 0 Å². The number of fused-ring (bicyclic) bond motifs is 1. The van der Waals surface area contributed by atoms with Crippen LogP contribution < -0.4 is 10.2 Å². The fourth-order valence-corrected chi connectivity index (χ4v) is 3.34. The Labute approximate surface area is 142 Å². The number of nitrogens with zero attached hydrogens (tertiary/aromatic N) is 2. The number of thiazole rings is 1. The van der Waals surface area contributed by atoms with Crippen LogP contribution in [-0.2, 0) is 9.53 Å². The molecule has 1 amide bonds. The minimum atomic E-state index is -0.952. The number of hydrogen-bond donors (Lipinski definition) is 3. The van der Waals surface area contributed by atoms with E-state index in [0.717, 1.165) is 10.2 Å². The first-order valence-electron chi connectivity index (χ1n) is 6.87. The van der Waals surface area contributed by atoms with Gasteiger partial charge in [-0.15, -0.1) is 0 Å². The lowest BCUT2D eigenvalue weighted by atomic mass is 10.3. The molecule has 0 unspecified atom stereocenters. The molecule has 0 saturated carbocycles. The van der Waals surface area contributed by atoms with Crippen molar-refractivity contribution in [2.24, 2.45) is 0 Å². The highest BCUT2D eigenvalue weighted by Crippen LogP contribution is 2.31. The lowest BCUT2D eigenvalue weighted by molar-refractivity contribution is -0.137. The van der Waals surface area contributed by atoms with Crippen LogP contribution in [0, 0.1) is 0 Å². The van der Waals surface area contributed by atoms with Crippen molar-refractivity contribution < 1.29 is 19.4 Å². The van der Waals surface area contributed by atoms with E-state index >= 15 is 0 Å². The van der Waals surface area contributed by atoms with E-state index in [1.54, 1.807) is 37.1 Å². The van der Waals surface area contributed by atoms with Crippen molar-refractivity contribution in [2.75, 3.05) is 29.6 Å². The Hall–Kier alpha value is -2.00. The summed E-state index contributed by atoms with van der Waals surface area (Å²) in [5, 5.41) is 12.4. The van der Waals surface area contributed by atoms with Crippen LogP contribution in [-0.4, -0.2) is 47.6 Å². The maximum Gasteiger partial charge on any atom is 0.411 e. The van der Waals surface area contributed by atoms with Gasteiger partial charge in [0.15, 0.2) is 5.13 Å². The molecule has 7 nitrogen and oxygen atoms in total. The van der Waals surface area contributed by atoms with Crippen LogP contribution in [0.5, 0.6) is 0 Å². The molecule has 0 fully saturated rings. The third-order valence-electron chi connectivity index (χ3n) is 3.13. The molecule has 1 atom stereocenters. The zero-order valence-corrected chi connectivity index (χ0v) is 14.4. The maximum atomic E-state index is 11.4. The number of hydrogen-bond acceptors (Lipinski definition) is 7. The minimum Gasteiger partial charge on any atom is -0.480 e. The summed E-state index contributed by atoms with van der Waals surface area (Å²) in [6.45, 7) is 2.03. The zero-order valence-electron chi connectivity index (χ0n) is 12.6. The lowest BCUT2D eigenvalue weighted by Gasteiger charge is -2.22. The number of rotatable bonds is 6. The molecule has 1 aromatic heterocycles. The van der Waals surface area contributed by atoms with Gasteiger partial charge < -0.3 is 14.7 Å².